The second-order valence-corrected chi connectivity index (χ2v) is 5.58. The van der Waals surface area contributed by atoms with Crippen molar-refractivity contribution in [3.05, 3.63) is 70.3 Å². The summed E-state index contributed by atoms with van der Waals surface area (Å²) in [6.45, 7) is 1.46. The lowest BCUT2D eigenvalue weighted by molar-refractivity contribution is -0.142. The van der Waals surface area contributed by atoms with Gasteiger partial charge < -0.3 is 10.1 Å². The molecule has 0 aromatic heterocycles. The van der Waals surface area contributed by atoms with Gasteiger partial charge >= 0.3 is 5.97 Å². The fourth-order valence-electron chi connectivity index (χ4n) is 2.02. The van der Waals surface area contributed by atoms with Crippen LogP contribution in [0.25, 0.3) is 6.08 Å². The van der Waals surface area contributed by atoms with E-state index in [9.17, 15) is 9.59 Å². The van der Waals surface area contributed by atoms with Crippen LogP contribution in [0.2, 0.25) is 5.02 Å². The molecule has 0 saturated carbocycles. The second kappa shape index (κ2) is 8.67. The quantitative estimate of drug-likeness (QED) is 0.655. The highest BCUT2D eigenvalue weighted by Crippen LogP contribution is 2.20. The average Bonchev–Trinajstić information content (AvgIpc) is 2.59. The van der Waals surface area contributed by atoms with Gasteiger partial charge in [-0.15, -0.1) is 0 Å². The Morgan fingerprint density at radius 2 is 2.04 bits per heavy atom. The first kappa shape index (κ1) is 18.2. The Bertz CT molecular complexity index is 869. The van der Waals surface area contributed by atoms with Gasteiger partial charge in [-0.25, -0.2) is 4.79 Å². The normalized spacial score (nSPS) is 10.3. The van der Waals surface area contributed by atoms with E-state index in [-0.39, 0.29) is 11.3 Å². The first-order chi connectivity index (χ1) is 12.0. The lowest BCUT2D eigenvalue weighted by atomic mass is 10.1. The summed E-state index contributed by atoms with van der Waals surface area (Å²) in [4.78, 5) is 23.6. The maximum absolute atomic E-state index is 11.9. The number of hydrogen-bond acceptors (Lipinski definition) is 4. The summed E-state index contributed by atoms with van der Waals surface area (Å²) in [5.41, 5.74) is 2.45. The number of ether oxygens (including phenoxy) is 1. The number of aryl methyl sites for hydroxylation is 1. The van der Waals surface area contributed by atoms with Crippen LogP contribution >= 0.6 is 11.6 Å². The van der Waals surface area contributed by atoms with Crippen LogP contribution in [0.4, 0.5) is 5.69 Å². The minimum absolute atomic E-state index is 0.267. The van der Waals surface area contributed by atoms with Gasteiger partial charge in [-0.2, -0.15) is 5.26 Å². The van der Waals surface area contributed by atoms with Crippen LogP contribution in [0.1, 0.15) is 16.7 Å². The molecule has 6 heteroatoms. The van der Waals surface area contributed by atoms with Gasteiger partial charge in [-0.3, -0.25) is 4.79 Å². The van der Waals surface area contributed by atoms with E-state index in [4.69, 9.17) is 21.6 Å². The molecule has 0 radical (unpaired) electrons. The maximum Gasteiger partial charge on any atom is 0.331 e. The first-order valence-electron chi connectivity index (χ1n) is 7.39. The molecule has 1 N–H and O–H groups in total. The van der Waals surface area contributed by atoms with Crippen molar-refractivity contribution in [3.8, 4) is 6.07 Å². The summed E-state index contributed by atoms with van der Waals surface area (Å²) >= 11 is 5.84. The largest absolute Gasteiger partial charge is 0.452 e. The number of nitrogens with zero attached hydrogens (tertiary/aromatic N) is 1. The van der Waals surface area contributed by atoms with Crippen LogP contribution in [-0.2, 0) is 14.3 Å². The number of rotatable bonds is 5. The third-order valence-electron chi connectivity index (χ3n) is 3.31. The number of amides is 1. The number of carbonyl (C=O) groups is 2. The molecule has 126 valence electrons. The van der Waals surface area contributed by atoms with Crippen LogP contribution in [0.3, 0.4) is 0 Å². The monoisotopic (exact) mass is 354 g/mol. The Morgan fingerprint density at radius 1 is 1.28 bits per heavy atom. The van der Waals surface area contributed by atoms with Crippen molar-refractivity contribution in [2.24, 2.45) is 0 Å². The van der Waals surface area contributed by atoms with Crippen LogP contribution in [0, 0.1) is 18.3 Å². The molecular weight excluding hydrogens is 340 g/mol. The summed E-state index contributed by atoms with van der Waals surface area (Å²) < 4.78 is 4.89. The Kier molecular flexibility index (Phi) is 6.33. The van der Waals surface area contributed by atoms with E-state index in [0.717, 1.165) is 11.1 Å². The first-order valence-corrected chi connectivity index (χ1v) is 7.77. The van der Waals surface area contributed by atoms with Gasteiger partial charge in [0.15, 0.2) is 6.61 Å². The fourth-order valence-corrected chi connectivity index (χ4v) is 2.19. The minimum Gasteiger partial charge on any atom is -0.452 e. The summed E-state index contributed by atoms with van der Waals surface area (Å²) in [6.07, 6.45) is 2.88. The van der Waals surface area contributed by atoms with Crippen molar-refractivity contribution in [2.75, 3.05) is 11.9 Å². The van der Waals surface area contributed by atoms with E-state index in [1.165, 1.54) is 18.2 Å². The molecule has 2 aromatic rings. The van der Waals surface area contributed by atoms with E-state index >= 15 is 0 Å². The third-order valence-corrected chi connectivity index (χ3v) is 3.54. The van der Waals surface area contributed by atoms with Gasteiger partial charge in [0.05, 0.1) is 11.3 Å². The maximum atomic E-state index is 11.9. The molecule has 25 heavy (non-hydrogen) atoms. The molecule has 0 heterocycles. The van der Waals surface area contributed by atoms with Crippen molar-refractivity contribution < 1.29 is 14.3 Å². The molecule has 0 aliphatic heterocycles. The number of nitrogens with one attached hydrogen (secondary N) is 1. The highest BCUT2D eigenvalue weighted by Gasteiger charge is 2.09. The fraction of sp³-hybridized carbons (Fsp3) is 0.105. The van der Waals surface area contributed by atoms with Gasteiger partial charge in [0, 0.05) is 11.1 Å². The second-order valence-electron chi connectivity index (χ2n) is 5.15. The number of esters is 1. The van der Waals surface area contributed by atoms with Crippen molar-refractivity contribution in [1.29, 1.82) is 5.26 Å². The van der Waals surface area contributed by atoms with Crippen molar-refractivity contribution >= 4 is 35.2 Å². The van der Waals surface area contributed by atoms with Crippen LogP contribution in [-0.4, -0.2) is 18.5 Å². The summed E-state index contributed by atoms with van der Waals surface area (Å²) in [5.74, 6) is -1.19. The Labute approximate surface area is 150 Å². The zero-order chi connectivity index (χ0) is 18.2. The average molecular weight is 355 g/mol. The van der Waals surface area contributed by atoms with E-state index in [2.05, 4.69) is 5.32 Å². The summed E-state index contributed by atoms with van der Waals surface area (Å²) in [6, 6.07) is 14.0. The van der Waals surface area contributed by atoms with E-state index in [1.54, 1.807) is 12.1 Å². The molecule has 2 rings (SSSR count). The van der Waals surface area contributed by atoms with Gasteiger partial charge in [0.2, 0.25) is 0 Å². The Morgan fingerprint density at radius 3 is 2.76 bits per heavy atom. The van der Waals surface area contributed by atoms with E-state index < -0.39 is 18.5 Å². The Hall–Kier alpha value is -3.10. The molecule has 0 fully saturated rings. The van der Waals surface area contributed by atoms with Gasteiger partial charge in [0.25, 0.3) is 5.91 Å². The molecule has 0 unspecified atom stereocenters. The van der Waals surface area contributed by atoms with Gasteiger partial charge in [-0.05, 0) is 42.3 Å². The third kappa shape index (κ3) is 5.48. The number of benzene rings is 2. The molecule has 0 saturated heterocycles. The zero-order valence-corrected chi connectivity index (χ0v) is 14.2. The van der Waals surface area contributed by atoms with Crippen LogP contribution in [0.5, 0.6) is 0 Å². The number of hydrogen-bond donors (Lipinski definition) is 1. The summed E-state index contributed by atoms with van der Waals surface area (Å²) in [5, 5.41) is 11.9. The number of anilines is 1. The molecule has 0 atom stereocenters. The number of halogens is 1. The molecule has 2 aromatic carbocycles. The molecule has 0 bridgehead atoms. The van der Waals surface area contributed by atoms with E-state index in [0.29, 0.717) is 5.02 Å². The highest BCUT2D eigenvalue weighted by molar-refractivity contribution is 6.31. The predicted molar refractivity (Wildman–Crippen MR) is 96.0 cm³/mol. The van der Waals surface area contributed by atoms with Crippen molar-refractivity contribution in [3.63, 3.8) is 0 Å². The summed E-state index contributed by atoms with van der Waals surface area (Å²) in [7, 11) is 0. The molecule has 1 amide bonds. The lowest BCUT2D eigenvalue weighted by Gasteiger charge is -2.07. The standard InChI is InChI=1S/C19H15ClN2O3/c1-13-4-2-3-5-14(13)7-9-19(24)25-12-18(23)22-17-10-16(20)8-6-15(17)11-21/h2-10H,12H2,1H3,(H,22,23)/b9-7+. The van der Waals surface area contributed by atoms with Crippen LogP contribution in [0.15, 0.2) is 48.5 Å². The van der Waals surface area contributed by atoms with Crippen LogP contribution < -0.4 is 5.32 Å². The highest BCUT2D eigenvalue weighted by atomic mass is 35.5. The number of nitriles is 1. The SMILES string of the molecule is Cc1ccccc1/C=C/C(=O)OCC(=O)Nc1cc(Cl)ccc1C#N. The van der Waals surface area contributed by atoms with Crippen molar-refractivity contribution in [2.45, 2.75) is 6.92 Å². The molecule has 0 aliphatic rings. The lowest BCUT2D eigenvalue weighted by Crippen LogP contribution is -2.20. The van der Waals surface area contributed by atoms with Gasteiger partial charge in [0.1, 0.15) is 6.07 Å². The van der Waals surface area contributed by atoms with Crippen molar-refractivity contribution in [1.82, 2.24) is 0 Å². The number of carbonyl (C=O) groups excluding carboxylic acids is 2. The molecule has 0 aliphatic carbocycles. The van der Waals surface area contributed by atoms with Gasteiger partial charge in [-0.1, -0.05) is 35.9 Å². The molecular formula is C19H15ClN2O3. The minimum atomic E-state index is -0.634. The molecule has 5 nitrogen and oxygen atoms in total. The van der Waals surface area contributed by atoms with E-state index in [1.807, 2.05) is 37.3 Å². The topological polar surface area (TPSA) is 79.2 Å². The molecule has 0 spiro atoms. The smallest absolute Gasteiger partial charge is 0.331 e. The Balaban J connectivity index is 1.90. The zero-order valence-electron chi connectivity index (χ0n) is 13.5. The predicted octanol–water partition coefficient (Wildman–Crippen LogP) is 3.72.